The topological polar surface area (TPSA) is 57.0 Å². The van der Waals surface area contributed by atoms with Gasteiger partial charge in [0.15, 0.2) is 5.65 Å². The second kappa shape index (κ2) is 5.54. The molecule has 0 atom stereocenters. The van der Waals surface area contributed by atoms with E-state index >= 15 is 0 Å². The van der Waals surface area contributed by atoms with Gasteiger partial charge in [-0.25, -0.2) is 9.97 Å². The number of rotatable bonds is 4. The maximum Gasteiger partial charge on any atom is 0.326 e. The van der Waals surface area contributed by atoms with Crippen LogP contribution in [-0.4, -0.2) is 27.1 Å². The first kappa shape index (κ1) is 13.1. The van der Waals surface area contributed by atoms with E-state index in [1.165, 1.54) is 6.20 Å². The lowest BCUT2D eigenvalue weighted by Gasteiger charge is -2.06. The van der Waals surface area contributed by atoms with Gasteiger partial charge in [0.2, 0.25) is 0 Å². The highest BCUT2D eigenvalue weighted by atomic mass is 35.5. The molecule has 0 aliphatic carbocycles. The first-order valence-electron chi connectivity index (χ1n) is 5.38. The molecular weight excluding hydrogens is 277 g/mol. The number of fused-ring (bicyclic) bond motifs is 1. The minimum absolute atomic E-state index is 0.0427. The highest BCUT2D eigenvalue weighted by Gasteiger charge is 2.14. The van der Waals surface area contributed by atoms with Crippen LogP contribution >= 0.6 is 23.2 Å². The van der Waals surface area contributed by atoms with Crippen LogP contribution in [0.2, 0.25) is 5.02 Å². The molecule has 2 aromatic rings. The van der Waals surface area contributed by atoms with Crippen LogP contribution in [0.5, 0.6) is 0 Å². The number of carbonyl (C=O) groups excluding carboxylic acids is 1. The Morgan fingerprint density at radius 3 is 3.00 bits per heavy atom. The number of hydrogen-bond acceptors (Lipinski definition) is 4. The maximum absolute atomic E-state index is 11.5. The number of pyridine rings is 1. The fourth-order valence-corrected chi connectivity index (χ4v) is 1.99. The lowest BCUT2D eigenvalue weighted by molar-refractivity contribution is -0.143. The summed E-state index contributed by atoms with van der Waals surface area (Å²) in [5.74, 6) is 0.405. The van der Waals surface area contributed by atoms with Gasteiger partial charge >= 0.3 is 5.97 Å². The molecule has 0 spiro atoms. The zero-order valence-electron chi connectivity index (χ0n) is 9.69. The summed E-state index contributed by atoms with van der Waals surface area (Å²) in [6.07, 6.45) is 1.51. The van der Waals surface area contributed by atoms with Crippen molar-refractivity contribution in [3.05, 3.63) is 23.1 Å². The Morgan fingerprint density at radius 1 is 1.56 bits per heavy atom. The van der Waals surface area contributed by atoms with Crippen molar-refractivity contribution < 1.29 is 9.53 Å². The van der Waals surface area contributed by atoms with Crippen LogP contribution < -0.4 is 0 Å². The summed E-state index contributed by atoms with van der Waals surface area (Å²) < 4.78 is 6.54. The lowest BCUT2D eigenvalue weighted by Crippen LogP contribution is -2.15. The number of imidazole rings is 1. The van der Waals surface area contributed by atoms with Crippen LogP contribution in [0.1, 0.15) is 12.7 Å². The molecule has 18 heavy (non-hydrogen) atoms. The highest BCUT2D eigenvalue weighted by molar-refractivity contribution is 6.31. The number of carbonyl (C=O) groups is 1. The van der Waals surface area contributed by atoms with Crippen LogP contribution in [0, 0.1) is 0 Å². The van der Waals surface area contributed by atoms with Gasteiger partial charge in [0.25, 0.3) is 0 Å². The summed E-state index contributed by atoms with van der Waals surface area (Å²) in [6, 6.07) is 1.68. The second-order valence-corrected chi connectivity index (χ2v) is 4.25. The van der Waals surface area contributed by atoms with E-state index in [0.717, 1.165) is 0 Å². The van der Waals surface area contributed by atoms with E-state index in [-0.39, 0.29) is 18.4 Å². The first-order valence-corrected chi connectivity index (χ1v) is 6.29. The van der Waals surface area contributed by atoms with Gasteiger partial charge in [-0.1, -0.05) is 11.6 Å². The molecule has 0 bridgehead atoms. The average molecular weight is 288 g/mol. The van der Waals surface area contributed by atoms with Gasteiger partial charge in [-0.3, -0.25) is 4.79 Å². The number of aromatic nitrogens is 3. The van der Waals surface area contributed by atoms with Gasteiger partial charge in [-0.15, -0.1) is 11.6 Å². The molecule has 2 aromatic heterocycles. The summed E-state index contributed by atoms with van der Waals surface area (Å²) in [4.78, 5) is 20.0. The molecule has 0 unspecified atom stereocenters. The first-order chi connectivity index (χ1) is 8.65. The standard InChI is InChI=1S/C11H11Cl2N3O2/c1-2-18-10(17)6-16-9(4-12)15-8-3-7(13)5-14-11(8)16/h3,5H,2,4,6H2,1H3. The number of ether oxygens (including phenoxy) is 1. The summed E-state index contributed by atoms with van der Waals surface area (Å²) >= 11 is 11.7. The van der Waals surface area contributed by atoms with Gasteiger partial charge in [0.1, 0.15) is 17.9 Å². The molecule has 0 aliphatic rings. The van der Waals surface area contributed by atoms with E-state index in [9.17, 15) is 4.79 Å². The molecule has 96 valence electrons. The van der Waals surface area contributed by atoms with Crippen LogP contribution in [0.25, 0.3) is 11.2 Å². The number of halogens is 2. The molecule has 0 fully saturated rings. The summed E-state index contributed by atoms with van der Waals surface area (Å²) in [5.41, 5.74) is 1.19. The third kappa shape index (κ3) is 2.57. The van der Waals surface area contributed by atoms with E-state index in [1.807, 2.05) is 0 Å². The Balaban J connectivity index is 2.43. The van der Waals surface area contributed by atoms with E-state index in [1.54, 1.807) is 17.6 Å². The van der Waals surface area contributed by atoms with Crippen molar-refractivity contribution in [2.24, 2.45) is 0 Å². The van der Waals surface area contributed by atoms with Crippen molar-refractivity contribution in [2.75, 3.05) is 6.61 Å². The van der Waals surface area contributed by atoms with Crippen molar-refractivity contribution in [2.45, 2.75) is 19.3 Å². The van der Waals surface area contributed by atoms with Crippen LogP contribution in [0.15, 0.2) is 12.3 Å². The van der Waals surface area contributed by atoms with Crippen molar-refractivity contribution in [3.8, 4) is 0 Å². The third-order valence-corrected chi connectivity index (χ3v) is 2.79. The Morgan fingerprint density at radius 2 is 2.33 bits per heavy atom. The van der Waals surface area contributed by atoms with Crippen molar-refractivity contribution >= 4 is 40.3 Å². The number of nitrogens with zero attached hydrogens (tertiary/aromatic N) is 3. The zero-order valence-corrected chi connectivity index (χ0v) is 11.2. The van der Waals surface area contributed by atoms with Crippen molar-refractivity contribution in [3.63, 3.8) is 0 Å². The predicted octanol–water partition coefficient (Wildman–Crippen LogP) is 2.39. The van der Waals surface area contributed by atoms with Gasteiger partial charge < -0.3 is 9.30 Å². The summed E-state index contributed by atoms with van der Waals surface area (Å²) in [5, 5.41) is 0.490. The Hall–Kier alpha value is -1.33. The number of hydrogen-bond donors (Lipinski definition) is 0. The molecule has 0 saturated carbocycles. The third-order valence-electron chi connectivity index (χ3n) is 2.34. The molecule has 2 heterocycles. The Bertz CT molecular complexity index is 583. The van der Waals surface area contributed by atoms with Gasteiger partial charge in [-0.2, -0.15) is 0 Å². The lowest BCUT2D eigenvalue weighted by atomic mass is 10.4. The number of alkyl halides is 1. The van der Waals surface area contributed by atoms with Crippen molar-refractivity contribution in [1.29, 1.82) is 0 Å². The predicted molar refractivity (Wildman–Crippen MR) is 68.7 cm³/mol. The summed E-state index contributed by atoms with van der Waals surface area (Å²) in [6.45, 7) is 2.13. The largest absolute Gasteiger partial charge is 0.465 e. The molecule has 0 amide bonds. The monoisotopic (exact) mass is 287 g/mol. The minimum Gasteiger partial charge on any atom is -0.465 e. The van der Waals surface area contributed by atoms with E-state index in [2.05, 4.69) is 9.97 Å². The fourth-order valence-electron chi connectivity index (χ4n) is 1.64. The summed E-state index contributed by atoms with van der Waals surface area (Å²) in [7, 11) is 0. The smallest absolute Gasteiger partial charge is 0.326 e. The second-order valence-electron chi connectivity index (χ2n) is 3.55. The normalized spacial score (nSPS) is 10.8. The molecule has 5 nitrogen and oxygen atoms in total. The molecule has 0 aliphatic heterocycles. The molecular formula is C11H11Cl2N3O2. The van der Waals surface area contributed by atoms with Crippen LogP contribution in [-0.2, 0) is 22.0 Å². The maximum atomic E-state index is 11.5. The van der Waals surface area contributed by atoms with Crippen LogP contribution in [0.4, 0.5) is 0 Å². The molecule has 0 radical (unpaired) electrons. The molecule has 7 heteroatoms. The fraction of sp³-hybridized carbons (Fsp3) is 0.364. The van der Waals surface area contributed by atoms with Crippen LogP contribution in [0.3, 0.4) is 0 Å². The minimum atomic E-state index is -0.347. The average Bonchev–Trinajstić information content (AvgIpc) is 2.66. The van der Waals surface area contributed by atoms with Gasteiger partial charge in [0.05, 0.1) is 17.5 Å². The van der Waals surface area contributed by atoms with Crippen molar-refractivity contribution in [1.82, 2.24) is 14.5 Å². The van der Waals surface area contributed by atoms with E-state index in [4.69, 9.17) is 27.9 Å². The highest BCUT2D eigenvalue weighted by Crippen LogP contribution is 2.19. The van der Waals surface area contributed by atoms with E-state index in [0.29, 0.717) is 28.6 Å². The Labute approximate surface area is 114 Å². The molecule has 0 N–H and O–H groups in total. The zero-order chi connectivity index (χ0) is 13.1. The SMILES string of the molecule is CCOC(=O)Cn1c(CCl)nc2cc(Cl)cnc21. The number of esters is 1. The molecule has 2 rings (SSSR count). The van der Waals surface area contributed by atoms with Gasteiger partial charge in [-0.05, 0) is 13.0 Å². The quantitative estimate of drug-likeness (QED) is 0.640. The molecule has 0 aromatic carbocycles. The van der Waals surface area contributed by atoms with E-state index < -0.39 is 0 Å². The van der Waals surface area contributed by atoms with Gasteiger partial charge in [0, 0.05) is 6.20 Å². The molecule has 0 saturated heterocycles. The Kier molecular flexibility index (Phi) is 4.04.